The maximum absolute atomic E-state index is 12.1. The second-order valence-corrected chi connectivity index (χ2v) is 6.22. The zero-order valence-electron chi connectivity index (χ0n) is 9.32. The Kier molecular flexibility index (Phi) is 1.18. The fourth-order valence-electron chi connectivity index (χ4n) is 4.92. The molecule has 4 fully saturated rings. The molecule has 0 radical (unpaired) electrons. The molecule has 2 saturated heterocycles. The van der Waals surface area contributed by atoms with Gasteiger partial charge in [0, 0.05) is 23.7 Å². The number of Topliss-reactive ketones (excluding diaryl/α,β-unsaturated/α-hetero) is 1. The van der Waals surface area contributed by atoms with Crippen LogP contribution in [0, 0.1) is 23.7 Å². The smallest absolute Gasteiger partial charge is 0.170 e. The van der Waals surface area contributed by atoms with Gasteiger partial charge >= 0.3 is 0 Å². The molecule has 15 heavy (non-hydrogen) atoms. The molecule has 0 unspecified atom stereocenters. The zero-order chi connectivity index (χ0) is 10.6. The van der Waals surface area contributed by atoms with Crippen molar-refractivity contribution in [3.63, 3.8) is 0 Å². The molecular formula is C12H16O3. The molecule has 0 N–H and O–H groups in total. The van der Waals surface area contributed by atoms with Gasteiger partial charge in [-0.05, 0) is 27.2 Å². The average Bonchev–Trinajstić information content (AvgIpc) is 2.70. The van der Waals surface area contributed by atoms with Crippen LogP contribution in [0.5, 0.6) is 0 Å². The Morgan fingerprint density at radius 3 is 2.73 bits per heavy atom. The summed E-state index contributed by atoms with van der Waals surface area (Å²) in [5.74, 6) is 1.37. The maximum Gasteiger partial charge on any atom is 0.170 e. The minimum Gasteiger partial charge on any atom is -0.344 e. The van der Waals surface area contributed by atoms with E-state index in [0.29, 0.717) is 23.5 Å². The lowest BCUT2D eigenvalue weighted by Gasteiger charge is -2.33. The highest BCUT2D eigenvalue weighted by Gasteiger charge is 2.77. The normalized spacial score (nSPS) is 63.1. The molecule has 0 amide bonds. The fraction of sp³-hybridized carbons (Fsp3) is 0.917. The second-order valence-electron chi connectivity index (χ2n) is 6.22. The molecule has 6 atom stereocenters. The van der Waals surface area contributed by atoms with Gasteiger partial charge in [0.1, 0.15) is 6.10 Å². The lowest BCUT2D eigenvalue weighted by atomic mass is 9.72. The van der Waals surface area contributed by atoms with Crippen LogP contribution in [0.15, 0.2) is 0 Å². The average molecular weight is 208 g/mol. The van der Waals surface area contributed by atoms with E-state index in [1.54, 1.807) is 0 Å². The summed E-state index contributed by atoms with van der Waals surface area (Å²) in [6, 6.07) is 0. The first-order chi connectivity index (χ1) is 6.94. The van der Waals surface area contributed by atoms with Crippen LogP contribution in [-0.4, -0.2) is 23.3 Å². The Morgan fingerprint density at radius 1 is 1.27 bits per heavy atom. The third-order valence-corrected chi connectivity index (χ3v) is 5.08. The highest BCUT2D eigenvalue weighted by Crippen LogP contribution is 2.69. The van der Waals surface area contributed by atoms with E-state index in [-0.39, 0.29) is 17.6 Å². The monoisotopic (exact) mass is 208 g/mol. The van der Waals surface area contributed by atoms with E-state index in [0.717, 1.165) is 6.42 Å². The Labute approximate surface area is 89.1 Å². The molecule has 3 nitrogen and oxygen atoms in total. The minimum atomic E-state index is -0.482. The van der Waals surface area contributed by atoms with Crippen molar-refractivity contribution >= 4 is 5.78 Å². The highest BCUT2D eigenvalue weighted by molar-refractivity contribution is 5.90. The number of hydrogen-bond donors (Lipinski definition) is 0. The molecule has 4 rings (SSSR count). The van der Waals surface area contributed by atoms with Crippen molar-refractivity contribution in [3.8, 4) is 0 Å². The van der Waals surface area contributed by atoms with Gasteiger partial charge in [-0.25, -0.2) is 0 Å². The van der Waals surface area contributed by atoms with Crippen molar-refractivity contribution in [3.05, 3.63) is 0 Å². The van der Waals surface area contributed by atoms with Crippen molar-refractivity contribution in [2.75, 3.05) is 0 Å². The number of ketones is 1. The van der Waals surface area contributed by atoms with Crippen LogP contribution in [-0.2, 0) is 14.3 Å². The quantitative estimate of drug-likeness (QED) is 0.603. The zero-order valence-corrected chi connectivity index (χ0v) is 9.32. The largest absolute Gasteiger partial charge is 0.344 e. The van der Waals surface area contributed by atoms with Crippen LogP contribution in [0.4, 0.5) is 0 Å². The van der Waals surface area contributed by atoms with Crippen LogP contribution in [0.25, 0.3) is 0 Å². The van der Waals surface area contributed by atoms with Gasteiger partial charge in [0.25, 0.3) is 0 Å². The van der Waals surface area contributed by atoms with Gasteiger partial charge in [-0.2, -0.15) is 0 Å². The summed E-state index contributed by atoms with van der Waals surface area (Å²) in [5.41, 5.74) is -0.195. The molecule has 2 saturated carbocycles. The molecule has 2 aliphatic heterocycles. The van der Waals surface area contributed by atoms with Gasteiger partial charge in [0.05, 0.1) is 5.60 Å². The topological polar surface area (TPSA) is 35.5 Å². The highest BCUT2D eigenvalue weighted by atomic mass is 16.7. The van der Waals surface area contributed by atoms with Crippen LogP contribution in [0.1, 0.15) is 27.2 Å². The summed E-state index contributed by atoms with van der Waals surface area (Å²) >= 11 is 0. The van der Waals surface area contributed by atoms with Gasteiger partial charge in [-0.15, -0.1) is 0 Å². The van der Waals surface area contributed by atoms with Crippen LogP contribution >= 0.6 is 0 Å². The van der Waals surface area contributed by atoms with E-state index >= 15 is 0 Å². The minimum absolute atomic E-state index is 0.141. The van der Waals surface area contributed by atoms with Crippen molar-refractivity contribution in [1.29, 1.82) is 0 Å². The van der Waals surface area contributed by atoms with Gasteiger partial charge in [-0.1, -0.05) is 0 Å². The third kappa shape index (κ3) is 0.713. The lowest BCUT2D eigenvalue weighted by molar-refractivity contribution is -0.240. The Bertz CT molecular complexity index is 375. The molecule has 0 aromatic heterocycles. The van der Waals surface area contributed by atoms with E-state index in [1.165, 1.54) is 0 Å². The van der Waals surface area contributed by atoms with Crippen molar-refractivity contribution in [2.24, 2.45) is 23.7 Å². The number of carbonyl (C=O) groups is 1. The Balaban J connectivity index is 1.93. The predicted molar refractivity (Wildman–Crippen MR) is 52.0 cm³/mol. The number of rotatable bonds is 0. The number of carbonyl (C=O) groups excluding carboxylic acids is 1. The number of ether oxygens (including phenoxy) is 2. The predicted octanol–water partition coefficient (Wildman–Crippen LogP) is 1.36. The molecule has 0 aromatic rings. The van der Waals surface area contributed by atoms with E-state index < -0.39 is 5.79 Å². The molecule has 2 aliphatic carbocycles. The van der Waals surface area contributed by atoms with Crippen molar-refractivity contribution in [2.45, 2.75) is 44.7 Å². The fourth-order valence-corrected chi connectivity index (χ4v) is 4.92. The summed E-state index contributed by atoms with van der Waals surface area (Å²) in [4.78, 5) is 12.1. The Morgan fingerprint density at radius 2 is 2.00 bits per heavy atom. The Hall–Kier alpha value is -0.410. The van der Waals surface area contributed by atoms with Crippen LogP contribution in [0.3, 0.4) is 0 Å². The number of hydrogen-bond acceptors (Lipinski definition) is 3. The summed E-state index contributed by atoms with van der Waals surface area (Å²) in [6.45, 7) is 6.23. The summed E-state index contributed by atoms with van der Waals surface area (Å²) < 4.78 is 12.0. The first-order valence-corrected chi connectivity index (χ1v) is 5.86. The van der Waals surface area contributed by atoms with Gasteiger partial charge in [0.15, 0.2) is 11.6 Å². The van der Waals surface area contributed by atoms with Crippen molar-refractivity contribution in [1.82, 2.24) is 0 Å². The molecule has 82 valence electrons. The van der Waals surface area contributed by atoms with Gasteiger partial charge in [0.2, 0.25) is 0 Å². The molecule has 0 spiro atoms. The lowest BCUT2D eigenvalue weighted by Crippen LogP contribution is -2.42. The van der Waals surface area contributed by atoms with E-state index in [4.69, 9.17) is 9.47 Å². The summed E-state index contributed by atoms with van der Waals surface area (Å²) in [5, 5.41) is 0. The van der Waals surface area contributed by atoms with Crippen LogP contribution in [0.2, 0.25) is 0 Å². The second kappa shape index (κ2) is 2.03. The van der Waals surface area contributed by atoms with Gasteiger partial charge < -0.3 is 9.47 Å². The summed E-state index contributed by atoms with van der Waals surface area (Å²) in [6.07, 6.45) is 0.902. The molecule has 4 aliphatic rings. The molecule has 0 aromatic carbocycles. The molecular weight excluding hydrogens is 192 g/mol. The molecule has 2 heterocycles. The maximum atomic E-state index is 12.1. The van der Waals surface area contributed by atoms with Gasteiger partial charge in [-0.3, -0.25) is 4.79 Å². The third-order valence-electron chi connectivity index (χ3n) is 5.08. The first kappa shape index (κ1) is 8.71. The molecule has 2 bridgehead atoms. The SMILES string of the molecule is CC1(C)O[C@]2(C)O[C@@H]3C(=O)[C@H]4C[C@@H]3[C@@H]2[C@@H]41. The standard InChI is InChI=1S/C12H16O3/c1-11(2)7-5-4-6-8(7)12(3,15-11)14-10(6)9(5)13/h5-8,10H,4H2,1-3H3/t5-,6+,7+,8+,10-,12-/m0/s1. The molecule has 3 heteroatoms. The van der Waals surface area contributed by atoms with E-state index in [2.05, 4.69) is 13.8 Å². The number of fused-ring (bicyclic) bond motifs is 2. The first-order valence-electron chi connectivity index (χ1n) is 5.86. The van der Waals surface area contributed by atoms with E-state index in [1.807, 2.05) is 6.92 Å². The van der Waals surface area contributed by atoms with Crippen LogP contribution < -0.4 is 0 Å². The van der Waals surface area contributed by atoms with Crippen molar-refractivity contribution < 1.29 is 14.3 Å². The van der Waals surface area contributed by atoms with E-state index in [9.17, 15) is 4.79 Å². The summed E-state index contributed by atoms with van der Waals surface area (Å²) in [7, 11) is 0.